The zero-order valence-corrected chi connectivity index (χ0v) is 9.91. The summed E-state index contributed by atoms with van der Waals surface area (Å²) in [6.45, 7) is 6.21. The molecule has 82 valence electrons. The zero-order chi connectivity index (χ0) is 11.7. The third kappa shape index (κ3) is 1.78. The molecule has 0 aliphatic carbocycles. The van der Waals surface area contributed by atoms with Crippen LogP contribution in [0.5, 0.6) is 0 Å². The maximum atomic E-state index is 6.04. The minimum Gasteiger partial charge on any atom is -0.397 e. The molecule has 2 aromatic rings. The van der Waals surface area contributed by atoms with Gasteiger partial charge in [0.05, 0.1) is 11.4 Å². The highest BCUT2D eigenvalue weighted by Crippen LogP contribution is 2.27. The largest absolute Gasteiger partial charge is 0.397 e. The lowest BCUT2D eigenvalue weighted by Crippen LogP contribution is -1.96. The van der Waals surface area contributed by atoms with Crippen LogP contribution in [0, 0.1) is 20.8 Å². The highest BCUT2D eigenvalue weighted by atomic mass is 14.7. The standard InChI is InChI=1S/C14H16N2/c1-9-4-5-12(8-11(9)3)14-13(15)10(2)6-7-16-14/h4-8H,15H2,1-3H3. The summed E-state index contributed by atoms with van der Waals surface area (Å²) in [5.41, 5.74) is 12.4. The summed E-state index contributed by atoms with van der Waals surface area (Å²) in [6.07, 6.45) is 1.80. The summed E-state index contributed by atoms with van der Waals surface area (Å²) >= 11 is 0. The van der Waals surface area contributed by atoms with Crippen molar-refractivity contribution >= 4 is 5.69 Å². The molecule has 2 N–H and O–H groups in total. The van der Waals surface area contributed by atoms with Crippen molar-refractivity contribution in [3.05, 3.63) is 47.2 Å². The Balaban J connectivity index is 2.59. The first-order chi connectivity index (χ1) is 7.59. The van der Waals surface area contributed by atoms with Crippen molar-refractivity contribution in [2.24, 2.45) is 0 Å². The zero-order valence-electron chi connectivity index (χ0n) is 9.91. The van der Waals surface area contributed by atoms with Gasteiger partial charge >= 0.3 is 0 Å². The van der Waals surface area contributed by atoms with Gasteiger partial charge in [-0.2, -0.15) is 0 Å². The molecular weight excluding hydrogens is 196 g/mol. The minimum absolute atomic E-state index is 0.769. The van der Waals surface area contributed by atoms with Gasteiger partial charge in [0, 0.05) is 11.8 Å². The second-order valence-corrected chi connectivity index (χ2v) is 4.19. The average molecular weight is 212 g/mol. The van der Waals surface area contributed by atoms with Crippen LogP contribution in [0.4, 0.5) is 5.69 Å². The van der Waals surface area contributed by atoms with Gasteiger partial charge in [-0.3, -0.25) is 4.98 Å². The van der Waals surface area contributed by atoms with E-state index in [0.29, 0.717) is 0 Å². The van der Waals surface area contributed by atoms with E-state index in [1.54, 1.807) is 6.20 Å². The van der Waals surface area contributed by atoms with E-state index in [4.69, 9.17) is 5.73 Å². The van der Waals surface area contributed by atoms with Crippen LogP contribution >= 0.6 is 0 Å². The Morgan fingerprint density at radius 2 is 1.69 bits per heavy atom. The molecule has 1 aromatic carbocycles. The molecule has 1 heterocycles. The van der Waals surface area contributed by atoms with Crippen molar-refractivity contribution in [1.29, 1.82) is 0 Å². The molecule has 16 heavy (non-hydrogen) atoms. The predicted octanol–water partition coefficient (Wildman–Crippen LogP) is 3.26. The topological polar surface area (TPSA) is 38.9 Å². The first kappa shape index (κ1) is 10.7. The third-order valence-electron chi connectivity index (χ3n) is 2.99. The number of rotatable bonds is 1. The molecule has 2 heteroatoms. The Hall–Kier alpha value is -1.83. The van der Waals surface area contributed by atoms with Crippen molar-refractivity contribution in [3.63, 3.8) is 0 Å². The number of nitrogens with zero attached hydrogens (tertiary/aromatic N) is 1. The van der Waals surface area contributed by atoms with Gasteiger partial charge in [-0.25, -0.2) is 0 Å². The number of pyridine rings is 1. The van der Waals surface area contributed by atoms with E-state index in [1.807, 2.05) is 13.0 Å². The lowest BCUT2D eigenvalue weighted by Gasteiger charge is -2.09. The molecule has 2 nitrogen and oxygen atoms in total. The quantitative estimate of drug-likeness (QED) is 0.788. The van der Waals surface area contributed by atoms with E-state index < -0.39 is 0 Å². The van der Waals surface area contributed by atoms with Crippen LogP contribution in [0.25, 0.3) is 11.3 Å². The lowest BCUT2D eigenvalue weighted by atomic mass is 10.0. The fraction of sp³-hybridized carbons (Fsp3) is 0.214. The summed E-state index contributed by atoms with van der Waals surface area (Å²) in [6, 6.07) is 8.24. The second kappa shape index (κ2) is 3.97. The number of nitrogens with two attached hydrogens (primary N) is 1. The predicted molar refractivity (Wildman–Crippen MR) is 68.3 cm³/mol. The Labute approximate surface area is 96.1 Å². The molecule has 0 amide bonds. The third-order valence-corrected chi connectivity index (χ3v) is 2.99. The van der Waals surface area contributed by atoms with Crippen molar-refractivity contribution < 1.29 is 0 Å². The van der Waals surface area contributed by atoms with Crippen molar-refractivity contribution in [3.8, 4) is 11.3 Å². The number of anilines is 1. The van der Waals surface area contributed by atoms with Crippen molar-refractivity contribution in [1.82, 2.24) is 4.98 Å². The monoisotopic (exact) mass is 212 g/mol. The maximum Gasteiger partial charge on any atom is 0.0933 e. The number of nitrogen functional groups attached to an aromatic ring is 1. The van der Waals surface area contributed by atoms with E-state index in [-0.39, 0.29) is 0 Å². The van der Waals surface area contributed by atoms with E-state index in [2.05, 4.69) is 37.0 Å². The molecule has 0 aliphatic heterocycles. The van der Waals surface area contributed by atoms with Gasteiger partial charge in [0.15, 0.2) is 0 Å². The van der Waals surface area contributed by atoms with E-state index in [0.717, 1.165) is 22.5 Å². The van der Waals surface area contributed by atoms with Gasteiger partial charge in [-0.15, -0.1) is 0 Å². The Morgan fingerprint density at radius 3 is 2.38 bits per heavy atom. The van der Waals surface area contributed by atoms with Crippen LogP contribution in [0.1, 0.15) is 16.7 Å². The molecule has 0 radical (unpaired) electrons. The number of aryl methyl sites for hydroxylation is 3. The second-order valence-electron chi connectivity index (χ2n) is 4.19. The van der Waals surface area contributed by atoms with Crippen LogP contribution in [0.15, 0.2) is 30.5 Å². The molecule has 1 aromatic heterocycles. The summed E-state index contributed by atoms with van der Waals surface area (Å²) in [7, 11) is 0. The van der Waals surface area contributed by atoms with Gasteiger partial charge in [-0.05, 0) is 49.6 Å². The van der Waals surface area contributed by atoms with Crippen molar-refractivity contribution in [2.45, 2.75) is 20.8 Å². The van der Waals surface area contributed by atoms with Gasteiger partial charge in [0.1, 0.15) is 0 Å². The molecule has 0 bridgehead atoms. The fourth-order valence-electron chi connectivity index (χ4n) is 1.69. The van der Waals surface area contributed by atoms with Crippen molar-refractivity contribution in [2.75, 3.05) is 5.73 Å². The maximum absolute atomic E-state index is 6.04. The SMILES string of the molecule is Cc1ccc(-c2nccc(C)c2N)cc1C. The van der Waals surface area contributed by atoms with Crippen LogP contribution in [0.2, 0.25) is 0 Å². The molecule has 2 rings (SSSR count). The number of benzene rings is 1. The van der Waals surface area contributed by atoms with E-state index in [1.165, 1.54) is 11.1 Å². The smallest absolute Gasteiger partial charge is 0.0933 e. The highest BCUT2D eigenvalue weighted by molar-refractivity contribution is 5.75. The fourth-order valence-corrected chi connectivity index (χ4v) is 1.69. The normalized spacial score (nSPS) is 10.4. The molecule has 0 unspecified atom stereocenters. The minimum atomic E-state index is 0.769. The van der Waals surface area contributed by atoms with Gasteiger partial charge < -0.3 is 5.73 Å². The van der Waals surface area contributed by atoms with E-state index in [9.17, 15) is 0 Å². The molecular formula is C14H16N2. The van der Waals surface area contributed by atoms with Gasteiger partial charge in [-0.1, -0.05) is 12.1 Å². The summed E-state index contributed by atoms with van der Waals surface area (Å²) in [5.74, 6) is 0. The molecule has 0 atom stereocenters. The van der Waals surface area contributed by atoms with Crippen LogP contribution in [0.3, 0.4) is 0 Å². The highest BCUT2D eigenvalue weighted by Gasteiger charge is 2.06. The Kier molecular flexibility index (Phi) is 2.65. The summed E-state index contributed by atoms with van der Waals surface area (Å²) in [4.78, 5) is 4.36. The average Bonchev–Trinajstić information content (AvgIpc) is 2.26. The Bertz CT molecular complexity index is 530. The van der Waals surface area contributed by atoms with E-state index >= 15 is 0 Å². The Morgan fingerprint density at radius 1 is 0.938 bits per heavy atom. The molecule has 0 spiro atoms. The van der Waals surface area contributed by atoms with Crippen LogP contribution < -0.4 is 5.73 Å². The number of hydrogen-bond acceptors (Lipinski definition) is 2. The molecule has 0 saturated carbocycles. The van der Waals surface area contributed by atoms with Gasteiger partial charge in [0.2, 0.25) is 0 Å². The lowest BCUT2D eigenvalue weighted by molar-refractivity contribution is 1.27. The van der Waals surface area contributed by atoms with Gasteiger partial charge in [0.25, 0.3) is 0 Å². The molecule has 0 saturated heterocycles. The first-order valence-electron chi connectivity index (χ1n) is 5.38. The number of hydrogen-bond donors (Lipinski definition) is 1. The summed E-state index contributed by atoms with van der Waals surface area (Å²) in [5, 5.41) is 0. The summed E-state index contributed by atoms with van der Waals surface area (Å²) < 4.78 is 0. The van der Waals surface area contributed by atoms with Crippen LogP contribution in [-0.4, -0.2) is 4.98 Å². The first-order valence-corrected chi connectivity index (χ1v) is 5.38. The molecule has 0 fully saturated rings. The van der Waals surface area contributed by atoms with Crippen LogP contribution in [-0.2, 0) is 0 Å². The number of aromatic nitrogens is 1. The molecule has 0 aliphatic rings.